The van der Waals surface area contributed by atoms with Gasteiger partial charge in [0.15, 0.2) is 0 Å². The van der Waals surface area contributed by atoms with E-state index in [1.54, 1.807) is 18.2 Å². The molecule has 27 heavy (non-hydrogen) atoms. The Kier molecular flexibility index (Phi) is 4.81. The normalized spacial score (nSPS) is 20.3. The number of hydrogen-bond acceptors (Lipinski definition) is 7. The lowest BCUT2D eigenvalue weighted by molar-refractivity contribution is -0.117. The van der Waals surface area contributed by atoms with Crippen LogP contribution in [0.4, 0.5) is 17.5 Å². The van der Waals surface area contributed by atoms with E-state index >= 15 is 0 Å². The molecule has 8 heteroatoms. The van der Waals surface area contributed by atoms with E-state index in [4.69, 9.17) is 4.74 Å². The molecule has 8 nitrogen and oxygen atoms in total. The van der Waals surface area contributed by atoms with Crippen LogP contribution in [-0.4, -0.2) is 66.9 Å². The van der Waals surface area contributed by atoms with E-state index in [0.29, 0.717) is 25.6 Å². The SMILES string of the molecule is COc1cccc(N2CCN(c3nccc(N4CC[C@@H](O)C4)n3)CC2=O)c1. The van der Waals surface area contributed by atoms with Gasteiger partial charge in [0.25, 0.3) is 0 Å². The number of anilines is 3. The number of nitrogens with zero attached hydrogens (tertiary/aromatic N) is 5. The van der Waals surface area contributed by atoms with Gasteiger partial charge in [-0.2, -0.15) is 4.98 Å². The minimum Gasteiger partial charge on any atom is -0.497 e. The Morgan fingerprint density at radius 2 is 2.07 bits per heavy atom. The van der Waals surface area contributed by atoms with Crippen molar-refractivity contribution in [2.75, 3.05) is 54.5 Å². The standard InChI is InChI=1S/C19H23N5O3/c1-27-16-4-2-3-14(11-16)24-10-9-23(13-18(24)26)19-20-7-5-17(21-19)22-8-6-15(25)12-22/h2-5,7,11,15,25H,6,8-10,12-13H2,1H3/t15-/m1/s1. The van der Waals surface area contributed by atoms with Gasteiger partial charge in [0.05, 0.1) is 13.2 Å². The molecule has 142 valence electrons. The molecule has 0 unspecified atom stereocenters. The van der Waals surface area contributed by atoms with Crippen molar-refractivity contribution in [3.05, 3.63) is 36.5 Å². The van der Waals surface area contributed by atoms with E-state index in [1.165, 1.54) is 0 Å². The number of amides is 1. The van der Waals surface area contributed by atoms with E-state index in [1.807, 2.05) is 40.1 Å². The first-order valence-electron chi connectivity index (χ1n) is 9.09. The Hall–Kier alpha value is -2.87. The molecule has 1 aromatic heterocycles. The fraction of sp³-hybridized carbons (Fsp3) is 0.421. The highest BCUT2D eigenvalue weighted by atomic mass is 16.5. The first-order valence-corrected chi connectivity index (χ1v) is 9.09. The molecule has 0 spiro atoms. The number of aliphatic hydroxyl groups is 1. The number of aromatic nitrogens is 2. The summed E-state index contributed by atoms with van der Waals surface area (Å²) in [6.07, 6.45) is 2.15. The third-order valence-electron chi connectivity index (χ3n) is 4.98. The number of aliphatic hydroxyl groups excluding tert-OH is 1. The van der Waals surface area contributed by atoms with Crippen LogP contribution in [0.5, 0.6) is 5.75 Å². The number of methoxy groups -OCH3 is 1. The van der Waals surface area contributed by atoms with Crippen LogP contribution in [0, 0.1) is 0 Å². The van der Waals surface area contributed by atoms with Crippen LogP contribution in [-0.2, 0) is 4.79 Å². The monoisotopic (exact) mass is 369 g/mol. The molecule has 2 aromatic rings. The molecular formula is C19H23N5O3. The second-order valence-electron chi connectivity index (χ2n) is 6.77. The molecule has 1 atom stereocenters. The van der Waals surface area contributed by atoms with Crippen molar-refractivity contribution >= 4 is 23.4 Å². The fourth-order valence-electron chi connectivity index (χ4n) is 3.51. The van der Waals surface area contributed by atoms with Gasteiger partial charge in [0.2, 0.25) is 11.9 Å². The third kappa shape index (κ3) is 3.66. The van der Waals surface area contributed by atoms with Gasteiger partial charge in [-0.1, -0.05) is 6.07 Å². The molecule has 2 saturated heterocycles. The number of benzene rings is 1. The number of hydrogen-bond donors (Lipinski definition) is 1. The highest BCUT2D eigenvalue weighted by molar-refractivity contribution is 5.97. The van der Waals surface area contributed by atoms with Gasteiger partial charge in [-0.15, -0.1) is 0 Å². The topological polar surface area (TPSA) is 82.0 Å². The molecule has 2 aliphatic rings. The quantitative estimate of drug-likeness (QED) is 0.858. The molecule has 1 N–H and O–H groups in total. The summed E-state index contributed by atoms with van der Waals surface area (Å²) in [6, 6.07) is 9.36. The third-order valence-corrected chi connectivity index (χ3v) is 4.98. The number of β-amino-alcohol motifs (C(OH)–C–C–N with tert-alkyl or cyclic N) is 1. The zero-order chi connectivity index (χ0) is 18.8. The van der Waals surface area contributed by atoms with E-state index < -0.39 is 0 Å². The summed E-state index contributed by atoms with van der Waals surface area (Å²) in [6.45, 7) is 2.79. The minimum absolute atomic E-state index is 0.0000934. The molecule has 2 fully saturated rings. The van der Waals surface area contributed by atoms with E-state index in [-0.39, 0.29) is 18.6 Å². The van der Waals surface area contributed by atoms with Gasteiger partial charge < -0.3 is 24.5 Å². The zero-order valence-corrected chi connectivity index (χ0v) is 15.3. The molecule has 1 aromatic carbocycles. The second-order valence-corrected chi connectivity index (χ2v) is 6.77. The van der Waals surface area contributed by atoms with Crippen LogP contribution in [0.25, 0.3) is 0 Å². The van der Waals surface area contributed by atoms with Crippen LogP contribution in [0.3, 0.4) is 0 Å². The van der Waals surface area contributed by atoms with Crippen LogP contribution >= 0.6 is 0 Å². The molecule has 4 rings (SSSR count). The summed E-state index contributed by atoms with van der Waals surface area (Å²) in [5.41, 5.74) is 0.833. The molecule has 0 radical (unpaired) electrons. The largest absolute Gasteiger partial charge is 0.497 e. The zero-order valence-electron chi connectivity index (χ0n) is 15.3. The lowest BCUT2D eigenvalue weighted by Crippen LogP contribution is -2.51. The summed E-state index contributed by atoms with van der Waals surface area (Å²) >= 11 is 0. The molecule has 1 amide bonds. The predicted molar refractivity (Wildman–Crippen MR) is 102 cm³/mol. The molecule has 3 heterocycles. The van der Waals surface area contributed by atoms with Crippen molar-refractivity contribution in [2.45, 2.75) is 12.5 Å². The van der Waals surface area contributed by atoms with Gasteiger partial charge in [-0.3, -0.25) is 4.79 Å². The van der Waals surface area contributed by atoms with E-state index in [2.05, 4.69) is 9.97 Å². The number of carbonyl (C=O) groups is 1. The number of ether oxygens (including phenoxy) is 1. The lowest BCUT2D eigenvalue weighted by Gasteiger charge is -2.34. The summed E-state index contributed by atoms with van der Waals surface area (Å²) in [5, 5.41) is 9.73. The van der Waals surface area contributed by atoms with Crippen LogP contribution < -0.4 is 19.4 Å². The Balaban J connectivity index is 1.47. The van der Waals surface area contributed by atoms with Gasteiger partial charge in [-0.25, -0.2) is 4.98 Å². The van der Waals surface area contributed by atoms with Gasteiger partial charge >= 0.3 is 0 Å². The van der Waals surface area contributed by atoms with Crippen molar-refractivity contribution in [3.8, 4) is 5.75 Å². The summed E-state index contributed by atoms with van der Waals surface area (Å²) in [7, 11) is 1.61. The predicted octanol–water partition coefficient (Wildman–Crippen LogP) is 0.909. The summed E-state index contributed by atoms with van der Waals surface area (Å²) in [4.78, 5) is 27.4. The van der Waals surface area contributed by atoms with Gasteiger partial charge in [-0.05, 0) is 24.6 Å². The Bertz CT molecular complexity index is 830. The fourth-order valence-corrected chi connectivity index (χ4v) is 3.51. The first-order chi connectivity index (χ1) is 13.1. The van der Waals surface area contributed by atoms with Crippen molar-refractivity contribution in [1.29, 1.82) is 0 Å². The summed E-state index contributed by atoms with van der Waals surface area (Å²) in [5.74, 6) is 2.07. The highest BCUT2D eigenvalue weighted by Gasteiger charge is 2.28. The Morgan fingerprint density at radius 3 is 2.81 bits per heavy atom. The van der Waals surface area contributed by atoms with Crippen LogP contribution in [0.15, 0.2) is 36.5 Å². The Morgan fingerprint density at radius 1 is 1.19 bits per heavy atom. The number of carbonyl (C=O) groups excluding carboxylic acids is 1. The smallest absolute Gasteiger partial charge is 0.246 e. The van der Waals surface area contributed by atoms with Gasteiger partial charge in [0, 0.05) is 44.1 Å². The average molecular weight is 369 g/mol. The van der Waals surface area contributed by atoms with Crippen LogP contribution in [0.2, 0.25) is 0 Å². The highest BCUT2D eigenvalue weighted by Crippen LogP contribution is 2.25. The van der Waals surface area contributed by atoms with Crippen LogP contribution in [0.1, 0.15) is 6.42 Å². The Labute approximate surface area is 158 Å². The molecule has 2 aliphatic heterocycles. The maximum Gasteiger partial charge on any atom is 0.246 e. The molecule has 0 bridgehead atoms. The van der Waals surface area contributed by atoms with Crippen molar-refractivity contribution in [2.24, 2.45) is 0 Å². The lowest BCUT2D eigenvalue weighted by atomic mass is 10.2. The number of rotatable bonds is 4. The maximum absolute atomic E-state index is 12.7. The second kappa shape index (κ2) is 7.40. The minimum atomic E-state index is -0.309. The van der Waals surface area contributed by atoms with Crippen molar-refractivity contribution in [1.82, 2.24) is 9.97 Å². The first kappa shape index (κ1) is 17.5. The van der Waals surface area contributed by atoms with E-state index in [9.17, 15) is 9.90 Å². The van der Waals surface area contributed by atoms with Gasteiger partial charge in [0.1, 0.15) is 18.1 Å². The van der Waals surface area contributed by atoms with Crippen molar-refractivity contribution < 1.29 is 14.6 Å². The molecule has 0 saturated carbocycles. The number of piperazine rings is 1. The molecule has 0 aliphatic carbocycles. The van der Waals surface area contributed by atoms with E-state index in [0.717, 1.165) is 30.2 Å². The maximum atomic E-state index is 12.7. The van der Waals surface area contributed by atoms with Crippen molar-refractivity contribution in [3.63, 3.8) is 0 Å². The average Bonchev–Trinajstić information content (AvgIpc) is 3.14. The summed E-state index contributed by atoms with van der Waals surface area (Å²) < 4.78 is 5.25. The molecular weight excluding hydrogens is 346 g/mol.